The predicted molar refractivity (Wildman–Crippen MR) is 72.2 cm³/mol. The van der Waals surface area contributed by atoms with Gasteiger partial charge in [-0.3, -0.25) is 19.8 Å². The van der Waals surface area contributed by atoms with E-state index in [1.165, 1.54) is 0 Å². The Balaban J connectivity index is 1.85. The third-order valence-corrected chi connectivity index (χ3v) is 2.92. The molecule has 7 nitrogen and oxygen atoms in total. The Morgan fingerprint density at radius 1 is 1.33 bits per heavy atom. The summed E-state index contributed by atoms with van der Waals surface area (Å²) in [6.07, 6.45) is -0.865. The molecule has 1 aromatic rings. The topological polar surface area (TPSA) is 103 Å². The highest BCUT2D eigenvalue weighted by Gasteiger charge is 2.24. The Bertz CT molecular complexity index is 566. The predicted octanol–water partition coefficient (Wildman–Crippen LogP) is -0.744. The highest BCUT2D eigenvalue weighted by Crippen LogP contribution is 2.16. The molecule has 7 heteroatoms. The van der Waals surface area contributed by atoms with E-state index >= 15 is 0 Å². The van der Waals surface area contributed by atoms with Gasteiger partial charge in [0.25, 0.3) is 0 Å². The lowest BCUT2D eigenvalue weighted by Crippen LogP contribution is -2.53. The Morgan fingerprint density at radius 2 is 2.00 bits per heavy atom. The van der Waals surface area contributed by atoms with Gasteiger partial charge in [0.05, 0.1) is 18.7 Å². The molecule has 110 valence electrons. The van der Waals surface area contributed by atoms with E-state index in [0.717, 1.165) is 0 Å². The van der Waals surface area contributed by atoms with E-state index < -0.39 is 6.10 Å². The van der Waals surface area contributed by atoms with Crippen LogP contribution in [0.5, 0.6) is 5.75 Å². The molecular weight excluding hydrogens is 274 g/mol. The first-order chi connectivity index (χ1) is 10.1. The average molecular weight is 289 g/mol. The van der Waals surface area contributed by atoms with E-state index in [1.807, 2.05) is 6.07 Å². The summed E-state index contributed by atoms with van der Waals surface area (Å²) in [5.41, 5.74) is 0.386. The van der Waals surface area contributed by atoms with E-state index in [9.17, 15) is 14.7 Å². The molecule has 0 aliphatic carbocycles. The molecule has 1 unspecified atom stereocenters. The molecule has 2 amide bonds. The molecule has 0 spiro atoms. The van der Waals surface area contributed by atoms with Crippen molar-refractivity contribution in [3.8, 4) is 11.8 Å². The van der Waals surface area contributed by atoms with Gasteiger partial charge in [-0.15, -0.1) is 0 Å². The average Bonchev–Trinajstić information content (AvgIpc) is 2.44. The van der Waals surface area contributed by atoms with Gasteiger partial charge in [-0.05, 0) is 12.1 Å². The third kappa shape index (κ3) is 4.27. The molecule has 1 heterocycles. The normalized spacial score (nSPS) is 17.0. The van der Waals surface area contributed by atoms with Crippen molar-refractivity contribution >= 4 is 11.8 Å². The molecule has 0 bridgehead atoms. The Morgan fingerprint density at radius 3 is 2.67 bits per heavy atom. The van der Waals surface area contributed by atoms with E-state index in [0.29, 0.717) is 11.3 Å². The lowest BCUT2D eigenvalue weighted by Gasteiger charge is -2.27. The Labute approximate surface area is 121 Å². The van der Waals surface area contributed by atoms with Crippen LogP contribution < -0.4 is 10.1 Å². The summed E-state index contributed by atoms with van der Waals surface area (Å²) in [4.78, 5) is 24.0. The molecule has 1 aromatic carbocycles. The highest BCUT2D eigenvalue weighted by atomic mass is 16.5. The quantitative estimate of drug-likeness (QED) is 0.692. The lowest BCUT2D eigenvalue weighted by atomic mass is 10.2. The molecule has 21 heavy (non-hydrogen) atoms. The standard InChI is InChI=1S/C14H15N3O4/c15-5-10-3-1-2-4-12(10)21-9-11(18)6-17-7-13(19)16-14(20)8-17/h1-4,11,18H,6-9H2,(H,16,19,20). The van der Waals surface area contributed by atoms with Gasteiger partial charge < -0.3 is 9.84 Å². The van der Waals surface area contributed by atoms with Crippen LogP contribution in [0, 0.1) is 11.3 Å². The smallest absolute Gasteiger partial charge is 0.240 e. The maximum absolute atomic E-state index is 11.2. The largest absolute Gasteiger partial charge is 0.489 e. The van der Waals surface area contributed by atoms with Crippen molar-refractivity contribution in [3.63, 3.8) is 0 Å². The number of aliphatic hydroxyl groups is 1. The van der Waals surface area contributed by atoms with Gasteiger partial charge in [-0.1, -0.05) is 12.1 Å². The first kappa shape index (κ1) is 15.0. The van der Waals surface area contributed by atoms with Crippen LogP contribution in [0.25, 0.3) is 0 Å². The summed E-state index contributed by atoms with van der Waals surface area (Å²) in [5, 5.41) is 21.0. The number of nitrogens with one attached hydrogen (secondary N) is 1. The van der Waals surface area contributed by atoms with E-state index in [1.54, 1.807) is 29.2 Å². The summed E-state index contributed by atoms with van der Waals surface area (Å²) in [7, 11) is 0. The minimum absolute atomic E-state index is 0.0228. The second-order valence-electron chi connectivity index (χ2n) is 4.71. The van der Waals surface area contributed by atoms with Crippen molar-refractivity contribution < 1.29 is 19.4 Å². The second-order valence-corrected chi connectivity index (χ2v) is 4.71. The van der Waals surface area contributed by atoms with Crippen molar-refractivity contribution in [1.29, 1.82) is 5.26 Å². The molecule has 2 N–H and O–H groups in total. The van der Waals surface area contributed by atoms with Crippen molar-refractivity contribution in [2.75, 3.05) is 26.2 Å². The van der Waals surface area contributed by atoms with Gasteiger partial charge in [0.1, 0.15) is 24.5 Å². The van der Waals surface area contributed by atoms with Crippen molar-refractivity contribution in [2.45, 2.75) is 6.10 Å². The number of amides is 2. The number of nitriles is 1. The fourth-order valence-corrected chi connectivity index (χ4v) is 2.05. The molecule has 1 atom stereocenters. The number of ether oxygens (including phenoxy) is 1. The van der Waals surface area contributed by atoms with Crippen molar-refractivity contribution in [3.05, 3.63) is 29.8 Å². The number of hydrogen-bond donors (Lipinski definition) is 2. The van der Waals surface area contributed by atoms with Gasteiger partial charge in [-0.2, -0.15) is 5.26 Å². The van der Waals surface area contributed by atoms with Crippen LogP contribution in [0.4, 0.5) is 0 Å². The Kier molecular flexibility index (Phi) is 4.87. The van der Waals surface area contributed by atoms with Crippen LogP contribution >= 0.6 is 0 Å². The van der Waals surface area contributed by atoms with E-state index in [4.69, 9.17) is 10.00 Å². The molecule has 0 radical (unpaired) electrons. The summed E-state index contributed by atoms with van der Waals surface area (Å²) in [6.45, 7) is 0.258. The maximum Gasteiger partial charge on any atom is 0.240 e. The molecular formula is C14H15N3O4. The number of aliphatic hydroxyl groups excluding tert-OH is 1. The van der Waals surface area contributed by atoms with Crippen molar-refractivity contribution in [2.24, 2.45) is 0 Å². The third-order valence-electron chi connectivity index (χ3n) is 2.92. The lowest BCUT2D eigenvalue weighted by molar-refractivity contribution is -0.136. The van der Waals surface area contributed by atoms with E-state index in [-0.39, 0.29) is 38.1 Å². The molecule has 0 aromatic heterocycles. The highest BCUT2D eigenvalue weighted by molar-refractivity contribution is 5.99. The molecule has 2 rings (SSSR count). The summed E-state index contributed by atoms with van der Waals surface area (Å²) in [6, 6.07) is 8.71. The first-order valence-electron chi connectivity index (χ1n) is 6.43. The number of para-hydroxylation sites is 1. The SMILES string of the molecule is N#Cc1ccccc1OCC(O)CN1CC(=O)NC(=O)C1. The number of piperazine rings is 1. The van der Waals surface area contributed by atoms with Crippen LogP contribution in [-0.4, -0.2) is 54.2 Å². The fourth-order valence-electron chi connectivity index (χ4n) is 2.05. The number of carbonyl (C=O) groups excluding carboxylic acids is 2. The molecule has 0 saturated carbocycles. The minimum Gasteiger partial charge on any atom is -0.489 e. The number of carbonyl (C=O) groups is 2. The van der Waals surface area contributed by atoms with Gasteiger partial charge >= 0.3 is 0 Å². The van der Waals surface area contributed by atoms with Crippen LogP contribution in [0.15, 0.2) is 24.3 Å². The van der Waals surface area contributed by atoms with Crippen LogP contribution in [0.1, 0.15) is 5.56 Å². The molecule has 1 saturated heterocycles. The Hall–Kier alpha value is -2.43. The summed E-state index contributed by atoms with van der Waals surface area (Å²) >= 11 is 0. The van der Waals surface area contributed by atoms with Gasteiger partial charge in [-0.25, -0.2) is 0 Å². The molecule has 1 fully saturated rings. The number of imide groups is 1. The molecule has 1 aliphatic heterocycles. The maximum atomic E-state index is 11.2. The van der Waals surface area contributed by atoms with Gasteiger partial charge in [0, 0.05) is 6.54 Å². The summed E-state index contributed by atoms with van der Waals surface area (Å²) < 4.78 is 5.40. The van der Waals surface area contributed by atoms with Crippen LogP contribution in [0.3, 0.4) is 0 Å². The number of nitrogens with zero attached hydrogens (tertiary/aromatic N) is 2. The zero-order valence-corrected chi connectivity index (χ0v) is 11.3. The van der Waals surface area contributed by atoms with Crippen molar-refractivity contribution in [1.82, 2.24) is 10.2 Å². The van der Waals surface area contributed by atoms with E-state index in [2.05, 4.69) is 5.32 Å². The second kappa shape index (κ2) is 6.83. The number of benzene rings is 1. The fraction of sp³-hybridized carbons (Fsp3) is 0.357. The minimum atomic E-state index is -0.865. The zero-order valence-electron chi connectivity index (χ0n) is 11.3. The number of β-amino-alcohol motifs (C(OH)–C–C–N with tert-alkyl or cyclic N) is 1. The monoisotopic (exact) mass is 289 g/mol. The van der Waals surface area contributed by atoms with Gasteiger partial charge in [0.15, 0.2) is 0 Å². The first-order valence-corrected chi connectivity index (χ1v) is 6.43. The van der Waals surface area contributed by atoms with Crippen LogP contribution in [0.2, 0.25) is 0 Å². The zero-order chi connectivity index (χ0) is 15.2. The number of rotatable bonds is 5. The van der Waals surface area contributed by atoms with Gasteiger partial charge in [0.2, 0.25) is 11.8 Å². The number of hydrogen-bond acceptors (Lipinski definition) is 6. The summed E-state index contributed by atoms with van der Waals surface area (Å²) in [5.74, 6) is -0.366. The molecule has 1 aliphatic rings. The van der Waals surface area contributed by atoms with Crippen LogP contribution in [-0.2, 0) is 9.59 Å².